The van der Waals surface area contributed by atoms with Crippen LogP contribution in [0.2, 0.25) is 5.02 Å². The molecule has 5 heteroatoms. The molecule has 0 atom stereocenters. The van der Waals surface area contributed by atoms with E-state index in [4.69, 9.17) is 11.6 Å². The summed E-state index contributed by atoms with van der Waals surface area (Å²) in [7, 11) is 0. The van der Waals surface area contributed by atoms with Crippen molar-refractivity contribution in [3.8, 4) is 0 Å². The molecule has 1 N–H and O–H groups in total. The van der Waals surface area contributed by atoms with Crippen LogP contribution >= 0.6 is 27.5 Å². The van der Waals surface area contributed by atoms with Crippen molar-refractivity contribution in [3.63, 3.8) is 0 Å². The first-order chi connectivity index (χ1) is 8.56. The lowest BCUT2D eigenvalue weighted by Gasteiger charge is -2.08. The first-order valence-electron chi connectivity index (χ1n) is 5.19. The topological polar surface area (TPSA) is 12.0 Å². The molecule has 2 aromatic carbocycles. The van der Waals surface area contributed by atoms with E-state index in [0.29, 0.717) is 16.7 Å². The van der Waals surface area contributed by atoms with E-state index < -0.39 is 5.82 Å². The number of halogens is 4. The van der Waals surface area contributed by atoms with Gasteiger partial charge in [0, 0.05) is 16.7 Å². The van der Waals surface area contributed by atoms with Crippen LogP contribution in [0, 0.1) is 11.6 Å². The van der Waals surface area contributed by atoms with Gasteiger partial charge in [0.15, 0.2) is 0 Å². The van der Waals surface area contributed by atoms with Gasteiger partial charge in [-0.2, -0.15) is 0 Å². The van der Waals surface area contributed by atoms with Crippen molar-refractivity contribution in [2.75, 3.05) is 5.32 Å². The van der Waals surface area contributed by atoms with E-state index >= 15 is 0 Å². The highest BCUT2D eigenvalue weighted by Gasteiger charge is 2.03. The molecule has 18 heavy (non-hydrogen) atoms. The summed E-state index contributed by atoms with van der Waals surface area (Å²) in [5.41, 5.74) is 1.50. The molecular weight excluding hydrogens is 324 g/mol. The lowest BCUT2D eigenvalue weighted by atomic mass is 10.2. The lowest BCUT2D eigenvalue weighted by Crippen LogP contribution is -2.00. The Morgan fingerprint density at radius 2 is 1.89 bits per heavy atom. The first-order valence-corrected chi connectivity index (χ1v) is 6.36. The average molecular weight is 333 g/mol. The van der Waals surface area contributed by atoms with Crippen molar-refractivity contribution < 1.29 is 8.78 Å². The van der Waals surface area contributed by atoms with Gasteiger partial charge in [0.05, 0.1) is 5.02 Å². The fourth-order valence-electron chi connectivity index (χ4n) is 1.47. The second-order valence-electron chi connectivity index (χ2n) is 3.72. The SMILES string of the molecule is Fc1ccc(CNc2ccc(Cl)c(F)c2)c(Br)c1. The Kier molecular flexibility index (Phi) is 4.19. The molecule has 0 fully saturated rings. The maximum atomic E-state index is 13.2. The minimum absolute atomic E-state index is 0.0866. The summed E-state index contributed by atoms with van der Waals surface area (Å²) in [6.45, 7) is 0.460. The zero-order valence-corrected chi connectivity index (χ0v) is 11.5. The van der Waals surface area contributed by atoms with Gasteiger partial charge in [-0.15, -0.1) is 0 Å². The van der Waals surface area contributed by atoms with Gasteiger partial charge in [0.2, 0.25) is 0 Å². The maximum absolute atomic E-state index is 13.2. The summed E-state index contributed by atoms with van der Waals surface area (Å²) >= 11 is 8.86. The zero-order valence-electron chi connectivity index (χ0n) is 9.18. The van der Waals surface area contributed by atoms with E-state index in [2.05, 4.69) is 21.2 Å². The Labute approximate surface area is 117 Å². The molecule has 0 saturated heterocycles. The molecule has 0 bridgehead atoms. The van der Waals surface area contributed by atoms with E-state index in [1.807, 2.05) is 0 Å². The highest BCUT2D eigenvalue weighted by Crippen LogP contribution is 2.22. The third kappa shape index (κ3) is 3.21. The summed E-state index contributed by atoms with van der Waals surface area (Å²) in [6, 6.07) is 8.92. The number of nitrogens with one attached hydrogen (secondary N) is 1. The molecule has 0 aliphatic heterocycles. The van der Waals surface area contributed by atoms with E-state index in [0.717, 1.165) is 5.56 Å². The van der Waals surface area contributed by atoms with Crippen LogP contribution in [0.5, 0.6) is 0 Å². The van der Waals surface area contributed by atoms with Gasteiger partial charge < -0.3 is 5.32 Å². The molecule has 0 radical (unpaired) electrons. The predicted molar refractivity (Wildman–Crippen MR) is 72.8 cm³/mol. The summed E-state index contributed by atoms with van der Waals surface area (Å²) in [5.74, 6) is -0.775. The van der Waals surface area contributed by atoms with Gasteiger partial charge in [-0.3, -0.25) is 0 Å². The number of hydrogen-bond donors (Lipinski definition) is 1. The van der Waals surface area contributed by atoms with Crippen LogP contribution in [0.4, 0.5) is 14.5 Å². The third-order valence-corrected chi connectivity index (χ3v) is 3.46. The number of benzene rings is 2. The molecule has 2 aromatic rings. The monoisotopic (exact) mass is 331 g/mol. The van der Waals surface area contributed by atoms with E-state index in [1.54, 1.807) is 12.1 Å². The van der Waals surface area contributed by atoms with Crippen molar-refractivity contribution in [2.45, 2.75) is 6.54 Å². The second-order valence-corrected chi connectivity index (χ2v) is 4.98. The highest BCUT2D eigenvalue weighted by atomic mass is 79.9. The number of hydrogen-bond acceptors (Lipinski definition) is 1. The largest absolute Gasteiger partial charge is 0.381 e. The number of rotatable bonds is 3. The fourth-order valence-corrected chi connectivity index (χ4v) is 2.08. The van der Waals surface area contributed by atoms with Gasteiger partial charge in [-0.25, -0.2) is 8.78 Å². The van der Waals surface area contributed by atoms with Crippen LogP contribution in [0.15, 0.2) is 40.9 Å². The van der Waals surface area contributed by atoms with Gasteiger partial charge in [0.1, 0.15) is 11.6 Å². The predicted octanol–water partition coefficient (Wildman–Crippen LogP) is 4.99. The average Bonchev–Trinajstić information content (AvgIpc) is 2.32. The van der Waals surface area contributed by atoms with E-state index in [9.17, 15) is 8.78 Å². The van der Waals surface area contributed by atoms with Crippen molar-refractivity contribution in [3.05, 3.63) is 63.1 Å². The molecule has 0 saturated carbocycles. The highest BCUT2D eigenvalue weighted by molar-refractivity contribution is 9.10. The Hall–Kier alpha value is -1.13. The Balaban J connectivity index is 2.09. The van der Waals surface area contributed by atoms with Crippen LogP contribution in [0.3, 0.4) is 0 Å². The van der Waals surface area contributed by atoms with Crippen molar-refractivity contribution >= 4 is 33.2 Å². The molecule has 0 spiro atoms. The molecule has 2 rings (SSSR count). The summed E-state index contributed by atoms with van der Waals surface area (Å²) in [6.07, 6.45) is 0. The quantitative estimate of drug-likeness (QED) is 0.834. The summed E-state index contributed by atoms with van der Waals surface area (Å²) in [4.78, 5) is 0. The van der Waals surface area contributed by atoms with E-state index in [1.165, 1.54) is 24.3 Å². The van der Waals surface area contributed by atoms with E-state index in [-0.39, 0.29) is 10.8 Å². The van der Waals surface area contributed by atoms with Crippen LogP contribution in [-0.4, -0.2) is 0 Å². The summed E-state index contributed by atoms with van der Waals surface area (Å²) < 4.78 is 26.8. The smallest absolute Gasteiger partial charge is 0.143 e. The standard InChI is InChI=1S/C13H9BrClF2N/c14-11-5-9(16)2-1-8(11)7-18-10-3-4-12(15)13(17)6-10/h1-6,18H,7H2. The lowest BCUT2D eigenvalue weighted by molar-refractivity contribution is 0.626. The minimum Gasteiger partial charge on any atom is -0.381 e. The van der Waals surface area contributed by atoms with Gasteiger partial charge in [-0.05, 0) is 35.9 Å². The molecule has 0 aliphatic rings. The Morgan fingerprint density at radius 3 is 2.56 bits per heavy atom. The zero-order chi connectivity index (χ0) is 13.1. The third-order valence-electron chi connectivity index (χ3n) is 2.42. The second kappa shape index (κ2) is 5.67. The molecule has 0 unspecified atom stereocenters. The number of anilines is 1. The molecule has 1 nitrogen and oxygen atoms in total. The minimum atomic E-state index is -0.472. The molecular formula is C13H9BrClF2N. The van der Waals surface area contributed by atoms with Gasteiger partial charge in [-0.1, -0.05) is 33.6 Å². The van der Waals surface area contributed by atoms with Gasteiger partial charge >= 0.3 is 0 Å². The fraction of sp³-hybridized carbons (Fsp3) is 0.0769. The molecule has 0 aromatic heterocycles. The van der Waals surface area contributed by atoms with Crippen LogP contribution in [0.1, 0.15) is 5.56 Å². The van der Waals surface area contributed by atoms with Crippen LogP contribution < -0.4 is 5.32 Å². The van der Waals surface area contributed by atoms with Crippen molar-refractivity contribution in [1.82, 2.24) is 0 Å². The van der Waals surface area contributed by atoms with Crippen LogP contribution in [0.25, 0.3) is 0 Å². The van der Waals surface area contributed by atoms with Gasteiger partial charge in [0.25, 0.3) is 0 Å². The molecule has 94 valence electrons. The molecule has 0 amide bonds. The van der Waals surface area contributed by atoms with Crippen LogP contribution in [-0.2, 0) is 6.54 Å². The normalized spacial score (nSPS) is 10.4. The maximum Gasteiger partial charge on any atom is 0.143 e. The summed E-state index contributed by atoms with van der Waals surface area (Å²) in [5, 5.41) is 3.12. The first kappa shape index (κ1) is 13.3. The molecule has 0 heterocycles. The Morgan fingerprint density at radius 1 is 1.11 bits per heavy atom. The van der Waals surface area contributed by atoms with Crippen molar-refractivity contribution in [2.24, 2.45) is 0 Å². The molecule has 0 aliphatic carbocycles. The van der Waals surface area contributed by atoms with Crippen molar-refractivity contribution in [1.29, 1.82) is 0 Å². The Bertz CT molecular complexity index is 575.